The second kappa shape index (κ2) is 9.02. The number of sulfonamides is 1. The minimum absolute atomic E-state index is 0.280. The minimum atomic E-state index is -3.62. The number of nitrogens with one attached hydrogen (secondary N) is 2. The number of methoxy groups -OCH3 is 1. The van der Waals surface area contributed by atoms with Crippen LogP contribution >= 0.6 is 0 Å². The lowest BCUT2D eigenvalue weighted by Gasteiger charge is -2.25. The van der Waals surface area contributed by atoms with Gasteiger partial charge in [0.1, 0.15) is 25.4 Å². The third kappa shape index (κ3) is 5.87. The van der Waals surface area contributed by atoms with Crippen molar-refractivity contribution < 1.29 is 27.6 Å². The lowest BCUT2D eigenvalue weighted by Crippen LogP contribution is -3.14. The molecule has 0 spiro atoms. The molecule has 0 saturated carbocycles. The molecule has 1 aromatic carbocycles. The van der Waals surface area contributed by atoms with Crippen LogP contribution in [-0.2, 0) is 19.6 Å². The molecule has 25 heavy (non-hydrogen) atoms. The van der Waals surface area contributed by atoms with Gasteiger partial charge in [0.05, 0.1) is 45.4 Å². The van der Waals surface area contributed by atoms with E-state index in [0.29, 0.717) is 18.0 Å². The molecule has 0 aromatic heterocycles. The molecule has 0 bridgehead atoms. The van der Waals surface area contributed by atoms with E-state index in [4.69, 9.17) is 9.47 Å². The summed E-state index contributed by atoms with van der Waals surface area (Å²) in [5.74, 6) is 0.0578. The van der Waals surface area contributed by atoms with Crippen molar-refractivity contribution in [1.29, 1.82) is 0 Å². The van der Waals surface area contributed by atoms with E-state index in [1.54, 1.807) is 24.3 Å². The van der Waals surface area contributed by atoms with Crippen LogP contribution in [-0.4, -0.2) is 73.6 Å². The van der Waals surface area contributed by atoms with E-state index < -0.39 is 10.0 Å². The molecule has 1 aliphatic rings. The third-order valence-electron chi connectivity index (χ3n) is 4.04. The Kier molecular flexibility index (Phi) is 7.03. The van der Waals surface area contributed by atoms with Crippen LogP contribution in [0.4, 0.5) is 5.69 Å². The van der Waals surface area contributed by atoms with Crippen molar-refractivity contribution in [3.05, 3.63) is 24.3 Å². The van der Waals surface area contributed by atoms with Crippen LogP contribution in [0.2, 0.25) is 0 Å². The zero-order chi connectivity index (χ0) is 18.3. The molecule has 1 heterocycles. The number of carbonyl (C=O) groups excluding carboxylic acids is 1. The zero-order valence-corrected chi connectivity index (χ0v) is 15.5. The third-order valence-corrected chi connectivity index (χ3v) is 5.17. The molecule has 8 nitrogen and oxygen atoms in total. The number of nitrogens with zero attached hydrogens (tertiary/aromatic N) is 1. The summed E-state index contributed by atoms with van der Waals surface area (Å²) < 4.78 is 35.8. The Hall–Kier alpha value is -1.84. The summed E-state index contributed by atoms with van der Waals surface area (Å²) in [7, 11) is -2.16. The van der Waals surface area contributed by atoms with Gasteiger partial charge in [-0.2, -0.15) is 0 Å². The Balaban J connectivity index is 1.96. The average Bonchev–Trinajstić information content (AvgIpc) is 2.59. The fourth-order valence-corrected chi connectivity index (χ4v) is 3.55. The van der Waals surface area contributed by atoms with Gasteiger partial charge in [0.15, 0.2) is 0 Å². The Morgan fingerprint density at radius 3 is 2.64 bits per heavy atom. The van der Waals surface area contributed by atoms with Gasteiger partial charge in [0, 0.05) is 0 Å². The lowest BCUT2D eigenvalue weighted by molar-refractivity contribution is -0.906. The summed E-state index contributed by atoms with van der Waals surface area (Å²) >= 11 is 0. The molecule has 1 amide bonds. The van der Waals surface area contributed by atoms with Gasteiger partial charge < -0.3 is 19.7 Å². The predicted molar refractivity (Wildman–Crippen MR) is 94.6 cm³/mol. The smallest absolute Gasteiger partial charge is 0.240 e. The first kappa shape index (κ1) is 19.5. The number of rotatable bonds is 8. The number of anilines is 1. The Morgan fingerprint density at radius 1 is 1.32 bits per heavy atom. The molecule has 140 valence electrons. The second-order valence-corrected chi connectivity index (χ2v) is 7.81. The summed E-state index contributed by atoms with van der Waals surface area (Å²) in [6, 6.07) is 6.72. The van der Waals surface area contributed by atoms with E-state index in [-0.39, 0.29) is 12.5 Å². The highest BCUT2D eigenvalue weighted by Gasteiger charge is 2.23. The average molecular weight is 372 g/mol. The van der Waals surface area contributed by atoms with Crippen LogP contribution in [0.15, 0.2) is 24.3 Å². The fraction of sp³-hybridized carbons (Fsp3) is 0.562. The van der Waals surface area contributed by atoms with Crippen molar-refractivity contribution in [3.63, 3.8) is 0 Å². The van der Waals surface area contributed by atoms with Crippen molar-refractivity contribution >= 4 is 21.6 Å². The van der Waals surface area contributed by atoms with Crippen molar-refractivity contribution in [2.45, 2.75) is 0 Å². The van der Waals surface area contributed by atoms with Crippen LogP contribution < -0.4 is 19.3 Å². The van der Waals surface area contributed by atoms with Crippen molar-refractivity contribution in [3.8, 4) is 5.75 Å². The van der Waals surface area contributed by atoms with E-state index >= 15 is 0 Å². The van der Waals surface area contributed by atoms with Crippen molar-refractivity contribution in [1.82, 2.24) is 5.32 Å². The number of quaternary nitrogens is 1. The van der Waals surface area contributed by atoms with Crippen LogP contribution in [0.3, 0.4) is 0 Å². The number of amides is 1. The van der Waals surface area contributed by atoms with E-state index in [1.165, 1.54) is 12.0 Å². The van der Waals surface area contributed by atoms with Gasteiger partial charge >= 0.3 is 0 Å². The highest BCUT2D eigenvalue weighted by Crippen LogP contribution is 2.29. The number of hydrogen-bond acceptors (Lipinski definition) is 5. The number of para-hydroxylation sites is 2. The number of carbonyl (C=O) groups is 1. The van der Waals surface area contributed by atoms with Gasteiger partial charge in [-0.05, 0) is 12.1 Å². The summed E-state index contributed by atoms with van der Waals surface area (Å²) in [4.78, 5) is 13.6. The lowest BCUT2D eigenvalue weighted by atomic mass is 10.3. The van der Waals surface area contributed by atoms with Crippen LogP contribution in [0.1, 0.15) is 0 Å². The maximum Gasteiger partial charge on any atom is 0.240 e. The molecule has 9 heteroatoms. The Morgan fingerprint density at radius 2 is 2.00 bits per heavy atom. The number of ether oxygens (including phenoxy) is 2. The van der Waals surface area contributed by atoms with Gasteiger partial charge in [-0.1, -0.05) is 12.1 Å². The van der Waals surface area contributed by atoms with Gasteiger partial charge in [-0.3, -0.25) is 9.10 Å². The Labute approximate surface area is 148 Å². The standard InChI is InChI=1S/C16H25N3O5S/c1-23-15-6-4-3-5-14(15)19(25(2,21)22)13-16(20)17-7-8-18-9-11-24-12-10-18/h3-6H,7-13H2,1-2H3,(H,17,20)/p+1. The largest absolute Gasteiger partial charge is 0.495 e. The molecular weight excluding hydrogens is 346 g/mol. The summed E-state index contributed by atoms with van der Waals surface area (Å²) in [6.45, 7) is 4.33. The monoisotopic (exact) mass is 372 g/mol. The normalized spacial score (nSPS) is 15.6. The maximum atomic E-state index is 12.2. The van der Waals surface area contributed by atoms with E-state index in [1.807, 2.05) is 0 Å². The molecule has 1 fully saturated rings. The molecule has 2 rings (SSSR count). The molecule has 0 unspecified atom stereocenters. The molecule has 0 radical (unpaired) electrons. The van der Waals surface area contributed by atoms with Gasteiger partial charge in [-0.25, -0.2) is 8.42 Å². The Bertz CT molecular complexity index is 674. The van der Waals surface area contributed by atoms with Crippen molar-refractivity contribution in [2.75, 3.05) is 63.6 Å². The summed E-state index contributed by atoms with van der Waals surface area (Å²) in [6.07, 6.45) is 1.07. The second-order valence-electron chi connectivity index (χ2n) is 5.90. The van der Waals surface area contributed by atoms with E-state index in [2.05, 4.69) is 5.32 Å². The zero-order valence-electron chi connectivity index (χ0n) is 14.7. The molecule has 1 aliphatic heterocycles. The number of benzene rings is 1. The fourth-order valence-electron chi connectivity index (χ4n) is 2.69. The quantitative estimate of drug-likeness (QED) is 0.579. The highest BCUT2D eigenvalue weighted by atomic mass is 32.2. The first-order chi connectivity index (χ1) is 11.9. The van der Waals surface area contributed by atoms with E-state index in [9.17, 15) is 13.2 Å². The summed E-state index contributed by atoms with van der Waals surface area (Å²) in [5, 5.41) is 2.79. The molecule has 0 aliphatic carbocycles. The van der Waals surface area contributed by atoms with Gasteiger partial charge in [-0.15, -0.1) is 0 Å². The minimum Gasteiger partial charge on any atom is -0.495 e. The first-order valence-electron chi connectivity index (χ1n) is 8.20. The number of hydrogen-bond donors (Lipinski definition) is 2. The van der Waals surface area contributed by atoms with Gasteiger partial charge in [0.2, 0.25) is 15.9 Å². The van der Waals surface area contributed by atoms with Crippen LogP contribution in [0.5, 0.6) is 5.75 Å². The molecule has 1 saturated heterocycles. The maximum absolute atomic E-state index is 12.2. The van der Waals surface area contributed by atoms with Crippen molar-refractivity contribution in [2.24, 2.45) is 0 Å². The molecule has 2 N–H and O–H groups in total. The van der Waals surface area contributed by atoms with E-state index in [0.717, 1.165) is 43.4 Å². The van der Waals surface area contributed by atoms with Gasteiger partial charge in [0.25, 0.3) is 0 Å². The van der Waals surface area contributed by atoms with Crippen LogP contribution in [0, 0.1) is 0 Å². The highest BCUT2D eigenvalue weighted by molar-refractivity contribution is 7.92. The topological polar surface area (TPSA) is 89.4 Å². The molecule has 1 aromatic rings. The SMILES string of the molecule is COc1ccccc1N(CC(=O)NCC[NH+]1CCOCC1)S(C)(=O)=O. The molecular formula is C16H26N3O5S+. The first-order valence-corrected chi connectivity index (χ1v) is 10.1. The summed E-state index contributed by atoms with van der Waals surface area (Å²) in [5.41, 5.74) is 0.349. The van der Waals surface area contributed by atoms with Crippen LogP contribution in [0.25, 0.3) is 0 Å². The molecule has 0 atom stereocenters. The predicted octanol–water partition coefficient (Wildman–Crippen LogP) is -1.51. The number of morpholine rings is 1.